The van der Waals surface area contributed by atoms with Gasteiger partial charge in [-0.25, -0.2) is 8.42 Å². The van der Waals surface area contributed by atoms with E-state index < -0.39 is 34.1 Å². The van der Waals surface area contributed by atoms with Crippen LogP contribution in [0.2, 0.25) is 0 Å². The Morgan fingerprint density at radius 3 is 1.90 bits per heavy atom. The van der Waals surface area contributed by atoms with E-state index in [9.17, 15) is 18.0 Å². The highest BCUT2D eigenvalue weighted by Gasteiger charge is 2.34. The standard InChI is InChI=1S/C33H42BrN3O4S/c1-32(2,3)26-15-19-28(20-16-26)37(42(7,40)41)23-30(38)36(22-25-13-17-27(34)18-14-25)29(31(39)35-33(4,5)6)21-24-11-9-8-10-12-24/h8-20,29H,21-23H2,1-7H3,(H,35,39)/t29-/m0/s1. The topological polar surface area (TPSA) is 86.8 Å². The predicted octanol–water partition coefficient (Wildman–Crippen LogP) is 6.07. The van der Waals surface area contributed by atoms with Crippen LogP contribution in [0.3, 0.4) is 0 Å². The predicted molar refractivity (Wildman–Crippen MR) is 174 cm³/mol. The van der Waals surface area contributed by atoms with Crippen LogP contribution in [0.25, 0.3) is 0 Å². The second-order valence-electron chi connectivity index (χ2n) is 12.7. The van der Waals surface area contributed by atoms with Crippen molar-refractivity contribution in [3.8, 4) is 0 Å². The largest absolute Gasteiger partial charge is 0.350 e. The zero-order valence-electron chi connectivity index (χ0n) is 25.5. The Morgan fingerprint density at radius 2 is 1.40 bits per heavy atom. The lowest BCUT2D eigenvalue weighted by Gasteiger charge is -2.35. The summed E-state index contributed by atoms with van der Waals surface area (Å²) in [6.45, 7) is 11.6. The number of sulfonamides is 1. The molecule has 0 aliphatic carbocycles. The molecule has 7 nitrogen and oxygen atoms in total. The number of anilines is 1. The Kier molecular flexibility index (Phi) is 10.7. The summed E-state index contributed by atoms with van der Waals surface area (Å²) < 4.78 is 28.0. The van der Waals surface area contributed by atoms with Gasteiger partial charge in [0.15, 0.2) is 0 Å². The van der Waals surface area contributed by atoms with E-state index in [1.807, 2.05) is 87.5 Å². The van der Waals surface area contributed by atoms with Crippen LogP contribution in [0.5, 0.6) is 0 Å². The first-order valence-corrected chi connectivity index (χ1v) is 16.6. The third kappa shape index (κ3) is 9.70. The molecule has 0 aliphatic heterocycles. The van der Waals surface area contributed by atoms with Crippen molar-refractivity contribution in [2.75, 3.05) is 17.1 Å². The number of carbonyl (C=O) groups excluding carboxylic acids is 2. The van der Waals surface area contributed by atoms with E-state index in [2.05, 4.69) is 42.0 Å². The van der Waals surface area contributed by atoms with Gasteiger partial charge in [0, 0.05) is 23.0 Å². The van der Waals surface area contributed by atoms with Crippen molar-refractivity contribution in [3.63, 3.8) is 0 Å². The fourth-order valence-corrected chi connectivity index (χ4v) is 5.65. The monoisotopic (exact) mass is 655 g/mol. The van der Waals surface area contributed by atoms with Crippen LogP contribution in [-0.4, -0.2) is 49.5 Å². The van der Waals surface area contributed by atoms with Gasteiger partial charge in [-0.15, -0.1) is 0 Å². The van der Waals surface area contributed by atoms with Gasteiger partial charge in [0.05, 0.1) is 11.9 Å². The maximum Gasteiger partial charge on any atom is 0.244 e. The number of carbonyl (C=O) groups is 2. The molecule has 1 N–H and O–H groups in total. The van der Waals surface area contributed by atoms with E-state index in [1.54, 1.807) is 12.1 Å². The lowest BCUT2D eigenvalue weighted by molar-refractivity contribution is -0.140. The summed E-state index contributed by atoms with van der Waals surface area (Å²) in [5.41, 5.74) is 2.49. The van der Waals surface area contributed by atoms with Crippen molar-refractivity contribution in [1.82, 2.24) is 10.2 Å². The molecule has 3 aromatic rings. The van der Waals surface area contributed by atoms with Crippen molar-refractivity contribution < 1.29 is 18.0 Å². The maximum absolute atomic E-state index is 14.2. The normalized spacial score (nSPS) is 12.9. The van der Waals surface area contributed by atoms with Crippen LogP contribution in [0.15, 0.2) is 83.3 Å². The summed E-state index contributed by atoms with van der Waals surface area (Å²) in [4.78, 5) is 29.5. The zero-order chi connectivity index (χ0) is 31.3. The minimum absolute atomic E-state index is 0.114. The molecule has 1 atom stereocenters. The minimum Gasteiger partial charge on any atom is -0.350 e. The van der Waals surface area contributed by atoms with Gasteiger partial charge in [0.2, 0.25) is 21.8 Å². The molecule has 42 heavy (non-hydrogen) atoms. The highest BCUT2D eigenvalue weighted by molar-refractivity contribution is 9.10. The average Bonchev–Trinajstić information content (AvgIpc) is 2.88. The average molecular weight is 657 g/mol. The van der Waals surface area contributed by atoms with Crippen molar-refractivity contribution in [1.29, 1.82) is 0 Å². The van der Waals surface area contributed by atoms with Gasteiger partial charge in [-0.1, -0.05) is 91.3 Å². The summed E-state index contributed by atoms with van der Waals surface area (Å²) in [6, 6.07) is 23.3. The van der Waals surface area contributed by atoms with E-state index in [0.717, 1.165) is 31.7 Å². The van der Waals surface area contributed by atoms with Crippen LogP contribution >= 0.6 is 15.9 Å². The van der Waals surface area contributed by atoms with E-state index >= 15 is 0 Å². The molecular formula is C33H42BrN3O4S. The Balaban J connectivity index is 2.06. The van der Waals surface area contributed by atoms with Crippen LogP contribution in [0.1, 0.15) is 58.2 Å². The van der Waals surface area contributed by atoms with Crippen molar-refractivity contribution in [2.24, 2.45) is 0 Å². The lowest BCUT2D eigenvalue weighted by atomic mass is 9.87. The Labute approximate surface area is 259 Å². The number of halogens is 1. The minimum atomic E-state index is -3.83. The van der Waals surface area contributed by atoms with Gasteiger partial charge in [0.25, 0.3) is 0 Å². The third-order valence-electron chi connectivity index (χ3n) is 6.74. The number of nitrogens with one attached hydrogen (secondary N) is 1. The van der Waals surface area contributed by atoms with Crippen molar-refractivity contribution in [2.45, 2.75) is 71.5 Å². The number of hydrogen-bond donors (Lipinski definition) is 1. The fourth-order valence-electron chi connectivity index (χ4n) is 4.53. The Bertz CT molecular complexity index is 1460. The summed E-state index contributed by atoms with van der Waals surface area (Å²) in [7, 11) is -3.83. The quantitative estimate of drug-likeness (QED) is 0.287. The molecule has 2 amide bonds. The molecule has 0 unspecified atom stereocenters. The van der Waals surface area contributed by atoms with Crippen molar-refractivity contribution >= 4 is 43.5 Å². The first kappa shape index (κ1) is 33.3. The highest BCUT2D eigenvalue weighted by Crippen LogP contribution is 2.26. The van der Waals surface area contributed by atoms with E-state index in [1.165, 1.54) is 4.90 Å². The van der Waals surface area contributed by atoms with Crippen LogP contribution in [-0.2, 0) is 38.0 Å². The first-order chi connectivity index (χ1) is 19.4. The number of rotatable bonds is 10. The highest BCUT2D eigenvalue weighted by atomic mass is 79.9. The molecule has 0 bridgehead atoms. The van der Waals surface area contributed by atoms with Gasteiger partial charge < -0.3 is 10.2 Å². The molecule has 0 spiro atoms. The molecule has 0 aliphatic rings. The number of benzene rings is 3. The van der Waals surface area contributed by atoms with Gasteiger partial charge in [0.1, 0.15) is 12.6 Å². The molecule has 226 valence electrons. The lowest BCUT2D eigenvalue weighted by Crippen LogP contribution is -2.56. The Hall–Kier alpha value is -3.17. The summed E-state index contributed by atoms with van der Waals surface area (Å²) in [6.07, 6.45) is 1.36. The molecule has 9 heteroatoms. The fraction of sp³-hybridized carbons (Fsp3) is 0.394. The molecule has 0 fully saturated rings. The molecule has 0 saturated carbocycles. The number of amides is 2. The number of hydrogen-bond acceptors (Lipinski definition) is 4. The van der Waals surface area contributed by atoms with Crippen LogP contribution < -0.4 is 9.62 Å². The van der Waals surface area contributed by atoms with Crippen molar-refractivity contribution in [3.05, 3.63) is 100 Å². The molecule has 3 aromatic carbocycles. The molecule has 0 radical (unpaired) electrons. The summed E-state index contributed by atoms with van der Waals surface area (Å²) >= 11 is 3.45. The second-order valence-corrected chi connectivity index (χ2v) is 15.5. The molecule has 0 saturated heterocycles. The maximum atomic E-state index is 14.2. The first-order valence-electron chi connectivity index (χ1n) is 13.9. The van der Waals surface area contributed by atoms with Crippen LogP contribution in [0.4, 0.5) is 5.69 Å². The van der Waals surface area contributed by atoms with E-state index in [4.69, 9.17) is 0 Å². The number of nitrogens with zero attached hydrogens (tertiary/aromatic N) is 2. The smallest absolute Gasteiger partial charge is 0.244 e. The zero-order valence-corrected chi connectivity index (χ0v) is 27.9. The van der Waals surface area contributed by atoms with Crippen LogP contribution in [0, 0.1) is 0 Å². The third-order valence-corrected chi connectivity index (χ3v) is 8.41. The summed E-state index contributed by atoms with van der Waals surface area (Å²) in [5.74, 6) is -0.787. The van der Waals surface area contributed by atoms with Gasteiger partial charge in [-0.3, -0.25) is 13.9 Å². The molecular weight excluding hydrogens is 614 g/mol. The molecule has 3 rings (SSSR count). The SMILES string of the molecule is CC(C)(C)NC(=O)[C@H](Cc1ccccc1)N(Cc1ccc(Br)cc1)C(=O)CN(c1ccc(C(C)(C)C)cc1)S(C)(=O)=O. The van der Waals surface area contributed by atoms with Gasteiger partial charge in [-0.05, 0) is 67.1 Å². The van der Waals surface area contributed by atoms with Gasteiger partial charge in [-0.2, -0.15) is 0 Å². The second kappa shape index (κ2) is 13.4. The van der Waals surface area contributed by atoms with Gasteiger partial charge >= 0.3 is 0 Å². The van der Waals surface area contributed by atoms with E-state index in [0.29, 0.717) is 5.69 Å². The Morgan fingerprint density at radius 1 is 0.833 bits per heavy atom. The van der Waals surface area contributed by atoms with E-state index in [-0.39, 0.29) is 24.3 Å². The molecule has 0 aromatic heterocycles. The molecule has 0 heterocycles. The summed E-state index contributed by atoms with van der Waals surface area (Å²) in [5, 5.41) is 3.03.